The summed E-state index contributed by atoms with van der Waals surface area (Å²) in [5.41, 5.74) is -0.976. The average molecular weight is 206 g/mol. The van der Waals surface area contributed by atoms with Crippen LogP contribution < -0.4 is 0 Å². The molecule has 0 unspecified atom stereocenters. The van der Waals surface area contributed by atoms with Crippen LogP contribution in [0.3, 0.4) is 0 Å². The van der Waals surface area contributed by atoms with Gasteiger partial charge in [-0.25, -0.2) is 4.79 Å². The summed E-state index contributed by atoms with van der Waals surface area (Å²) in [6.07, 6.45) is 0. The number of esters is 1. The second kappa shape index (κ2) is 2.82. The number of fused-ring (bicyclic) bond motifs is 1. The Kier molecular flexibility index (Phi) is 1.83. The van der Waals surface area contributed by atoms with Crippen LogP contribution in [0.5, 0.6) is 5.75 Å². The Morgan fingerprint density at radius 3 is 2.60 bits per heavy atom. The molecule has 1 aliphatic heterocycles. The number of phenols is 1. The smallest absolute Gasteiger partial charge is 0.343 e. The van der Waals surface area contributed by atoms with Gasteiger partial charge in [0.2, 0.25) is 5.78 Å². The SMILES string of the molecule is CC1(C)OC(=O)c2c(O)cccc2C1=O. The van der Waals surface area contributed by atoms with Crippen LogP contribution in [0, 0.1) is 0 Å². The lowest BCUT2D eigenvalue weighted by Crippen LogP contribution is -2.42. The molecule has 1 aliphatic rings. The fourth-order valence-corrected chi connectivity index (χ4v) is 1.60. The van der Waals surface area contributed by atoms with Crippen molar-refractivity contribution in [1.82, 2.24) is 0 Å². The molecule has 0 bridgehead atoms. The van der Waals surface area contributed by atoms with E-state index in [9.17, 15) is 14.7 Å². The van der Waals surface area contributed by atoms with E-state index in [0.717, 1.165) is 0 Å². The topological polar surface area (TPSA) is 63.6 Å². The standard InChI is InChI=1S/C11H10O4/c1-11(2)9(13)6-4-3-5-7(12)8(6)10(14)15-11/h3-5,12H,1-2H3. The second-order valence-corrected chi connectivity index (χ2v) is 3.93. The molecule has 0 amide bonds. The van der Waals surface area contributed by atoms with Gasteiger partial charge in [0.1, 0.15) is 11.3 Å². The molecule has 78 valence electrons. The Hall–Kier alpha value is -1.84. The van der Waals surface area contributed by atoms with E-state index in [4.69, 9.17) is 4.74 Å². The van der Waals surface area contributed by atoms with E-state index in [2.05, 4.69) is 0 Å². The van der Waals surface area contributed by atoms with Crippen LogP contribution in [0.25, 0.3) is 0 Å². The molecule has 4 nitrogen and oxygen atoms in total. The second-order valence-electron chi connectivity index (χ2n) is 3.93. The predicted molar refractivity (Wildman–Crippen MR) is 51.9 cm³/mol. The Balaban J connectivity index is 2.70. The van der Waals surface area contributed by atoms with Crippen LogP contribution in [-0.2, 0) is 4.74 Å². The van der Waals surface area contributed by atoms with Crippen molar-refractivity contribution < 1.29 is 19.4 Å². The number of ketones is 1. The van der Waals surface area contributed by atoms with Crippen molar-refractivity contribution in [2.24, 2.45) is 0 Å². The highest BCUT2D eigenvalue weighted by molar-refractivity contribution is 6.15. The monoisotopic (exact) mass is 206 g/mol. The summed E-state index contributed by atoms with van der Waals surface area (Å²) >= 11 is 0. The fourth-order valence-electron chi connectivity index (χ4n) is 1.60. The first-order chi connectivity index (χ1) is 6.93. The van der Waals surface area contributed by atoms with Gasteiger partial charge in [-0.3, -0.25) is 4.79 Å². The fraction of sp³-hybridized carbons (Fsp3) is 0.273. The molecule has 15 heavy (non-hydrogen) atoms. The van der Waals surface area contributed by atoms with Gasteiger partial charge in [0.15, 0.2) is 5.60 Å². The zero-order valence-corrected chi connectivity index (χ0v) is 8.40. The van der Waals surface area contributed by atoms with Gasteiger partial charge in [0.05, 0.1) is 0 Å². The molecule has 2 rings (SSSR count). The van der Waals surface area contributed by atoms with Crippen LogP contribution in [-0.4, -0.2) is 22.5 Å². The summed E-state index contributed by atoms with van der Waals surface area (Å²) in [5, 5.41) is 9.46. The van der Waals surface area contributed by atoms with Crippen molar-refractivity contribution in [2.75, 3.05) is 0 Å². The molecule has 0 radical (unpaired) electrons. The molecule has 1 heterocycles. The number of rotatable bonds is 0. The molecule has 0 saturated heterocycles. The first kappa shape index (κ1) is 9.71. The Bertz CT molecular complexity index is 460. The van der Waals surface area contributed by atoms with Crippen LogP contribution in [0.2, 0.25) is 0 Å². The van der Waals surface area contributed by atoms with Crippen LogP contribution in [0.1, 0.15) is 34.6 Å². The number of cyclic esters (lactones) is 1. The van der Waals surface area contributed by atoms with E-state index in [-0.39, 0.29) is 22.7 Å². The summed E-state index contributed by atoms with van der Waals surface area (Å²) in [6.45, 7) is 3.06. The third-order valence-electron chi connectivity index (χ3n) is 2.39. The third kappa shape index (κ3) is 1.29. The molecular formula is C11H10O4. The first-order valence-corrected chi connectivity index (χ1v) is 4.53. The largest absolute Gasteiger partial charge is 0.507 e. The predicted octanol–water partition coefficient (Wildman–Crippen LogP) is 1.52. The highest BCUT2D eigenvalue weighted by Gasteiger charge is 2.41. The van der Waals surface area contributed by atoms with Crippen molar-refractivity contribution in [3.8, 4) is 5.75 Å². The molecule has 1 aromatic rings. The Labute approximate surface area is 86.5 Å². The van der Waals surface area contributed by atoms with E-state index in [1.807, 2.05) is 0 Å². The third-order valence-corrected chi connectivity index (χ3v) is 2.39. The average Bonchev–Trinajstić information content (AvgIpc) is 2.13. The maximum absolute atomic E-state index is 11.8. The first-order valence-electron chi connectivity index (χ1n) is 4.53. The minimum atomic E-state index is -1.15. The zero-order valence-electron chi connectivity index (χ0n) is 8.40. The lowest BCUT2D eigenvalue weighted by atomic mass is 9.89. The van der Waals surface area contributed by atoms with E-state index in [1.54, 1.807) is 0 Å². The van der Waals surface area contributed by atoms with Gasteiger partial charge in [-0.1, -0.05) is 12.1 Å². The van der Waals surface area contributed by atoms with E-state index >= 15 is 0 Å². The minimum Gasteiger partial charge on any atom is -0.507 e. The van der Waals surface area contributed by atoms with Gasteiger partial charge in [-0.05, 0) is 19.9 Å². The molecule has 0 spiro atoms. The number of hydrogen-bond donors (Lipinski definition) is 1. The quantitative estimate of drug-likeness (QED) is 0.654. The molecule has 0 aliphatic carbocycles. The number of aromatic hydroxyl groups is 1. The number of hydrogen-bond acceptors (Lipinski definition) is 4. The number of Topliss-reactive ketones (excluding diaryl/α,β-unsaturated/α-hetero) is 1. The maximum Gasteiger partial charge on any atom is 0.343 e. The van der Waals surface area contributed by atoms with Crippen LogP contribution in [0.4, 0.5) is 0 Å². The molecule has 0 saturated carbocycles. The molecule has 0 atom stereocenters. The molecule has 0 fully saturated rings. The van der Waals surface area contributed by atoms with Crippen molar-refractivity contribution in [3.05, 3.63) is 29.3 Å². The maximum atomic E-state index is 11.8. The number of ether oxygens (including phenoxy) is 1. The molecule has 4 heteroatoms. The summed E-state index contributed by atoms with van der Waals surface area (Å²) in [4.78, 5) is 23.4. The Morgan fingerprint density at radius 1 is 1.27 bits per heavy atom. The Morgan fingerprint density at radius 2 is 1.93 bits per heavy atom. The van der Waals surface area contributed by atoms with Crippen molar-refractivity contribution in [1.29, 1.82) is 0 Å². The number of carbonyl (C=O) groups excluding carboxylic acids is 2. The van der Waals surface area contributed by atoms with Crippen LogP contribution >= 0.6 is 0 Å². The highest BCUT2D eigenvalue weighted by Crippen LogP contribution is 2.32. The van der Waals surface area contributed by atoms with E-state index in [1.165, 1.54) is 32.0 Å². The normalized spacial score (nSPS) is 18.3. The van der Waals surface area contributed by atoms with Gasteiger partial charge < -0.3 is 9.84 Å². The van der Waals surface area contributed by atoms with Crippen molar-refractivity contribution in [3.63, 3.8) is 0 Å². The highest BCUT2D eigenvalue weighted by atomic mass is 16.6. The molecule has 1 aromatic carbocycles. The summed E-state index contributed by atoms with van der Waals surface area (Å²) in [7, 11) is 0. The van der Waals surface area contributed by atoms with Crippen molar-refractivity contribution in [2.45, 2.75) is 19.4 Å². The molecule has 0 aromatic heterocycles. The van der Waals surface area contributed by atoms with Gasteiger partial charge in [-0.2, -0.15) is 0 Å². The van der Waals surface area contributed by atoms with Gasteiger partial charge in [-0.15, -0.1) is 0 Å². The van der Waals surface area contributed by atoms with Gasteiger partial charge >= 0.3 is 5.97 Å². The lowest BCUT2D eigenvalue weighted by Gasteiger charge is -2.29. The summed E-state index contributed by atoms with van der Waals surface area (Å²) in [5.74, 6) is -1.18. The van der Waals surface area contributed by atoms with Crippen LogP contribution in [0.15, 0.2) is 18.2 Å². The van der Waals surface area contributed by atoms with E-state index < -0.39 is 11.6 Å². The van der Waals surface area contributed by atoms with Gasteiger partial charge in [0.25, 0.3) is 0 Å². The zero-order chi connectivity index (χ0) is 11.2. The lowest BCUT2D eigenvalue weighted by molar-refractivity contribution is -0.000740. The number of phenolic OH excluding ortho intramolecular Hbond substituents is 1. The summed E-state index contributed by atoms with van der Waals surface area (Å²) < 4.78 is 4.94. The number of carbonyl (C=O) groups is 2. The molecular weight excluding hydrogens is 196 g/mol. The number of benzene rings is 1. The van der Waals surface area contributed by atoms with E-state index in [0.29, 0.717) is 0 Å². The minimum absolute atomic E-state index is 0.0400. The molecule has 1 N–H and O–H groups in total. The van der Waals surface area contributed by atoms with Crippen molar-refractivity contribution >= 4 is 11.8 Å². The summed E-state index contributed by atoms with van der Waals surface area (Å²) in [6, 6.07) is 4.39. The van der Waals surface area contributed by atoms with Gasteiger partial charge in [0, 0.05) is 5.56 Å².